The Morgan fingerprint density at radius 2 is 1.66 bits per heavy atom. The van der Waals surface area contributed by atoms with Crippen LogP contribution in [0.25, 0.3) is 22.2 Å². The molecule has 19 heteroatoms. The Morgan fingerprint density at radius 1 is 0.902 bits per heavy atom. The van der Waals surface area contributed by atoms with E-state index in [1.807, 2.05) is 4.57 Å². The molecule has 0 amide bonds. The van der Waals surface area contributed by atoms with Crippen LogP contribution in [0.15, 0.2) is 31.2 Å². The lowest BCUT2D eigenvalue weighted by Gasteiger charge is -2.45. The molecule has 16 nitrogen and oxygen atoms in total. The Morgan fingerprint density at radius 3 is 2.51 bits per heavy atom. The van der Waals surface area contributed by atoms with E-state index in [4.69, 9.17) is 34.3 Å². The highest BCUT2D eigenvalue weighted by Crippen LogP contribution is 2.51. The molecule has 0 aromatic carbocycles. The van der Waals surface area contributed by atoms with E-state index in [9.17, 15) is 9.79 Å². The maximum atomic E-state index is 15.8. The highest BCUT2D eigenvalue weighted by Gasteiger charge is 2.50. The zero-order valence-corrected chi connectivity index (χ0v) is 23.0. The molecule has 4 aromatic heterocycles. The average Bonchev–Trinajstić information content (AvgIpc) is 3.64. The van der Waals surface area contributed by atoms with Crippen molar-refractivity contribution in [3.05, 3.63) is 31.2 Å². The lowest BCUT2D eigenvalue weighted by Crippen LogP contribution is -2.43. The molecular formula is C22H26FN9O7P2. The van der Waals surface area contributed by atoms with Gasteiger partial charge in [-0.2, -0.15) is 0 Å². The summed E-state index contributed by atoms with van der Waals surface area (Å²) in [6.07, 6.45) is 1.36. The molecule has 0 spiro atoms. The third-order valence-electron chi connectivity index (χ3n) is 7.81. The number of hydrogen-bond acceptors (Lipinski definition) is 14. The molecule has 41 heavy (non-hydrogen) atoms. The van der Waals surface area contributed by atoms with Gasteiger partial charge < -0.3 is 53.2 Å². The molecule has 0 bridgehead atoms. The molecule has 3 fully saturated rings. The molecule has 2 saturated heterocycles. The summed E-state index contributed by atoms with van der Waals surface area (Å²) >= 11 is 0. The number of hydrogen-bond donors (Lipinski definition) is 4. The number of halogens is 1. The number of imidazole rings is 1. The van der Waals surface area contributed by atoms with Gasteiger partial charge in [0, 0.05) is 18.2 Å². The summed E-state index contributed by atoms with van der Waals surface area (Å²) in [4.78, 5) is 42.0. The van der Waals surface area contributed by atoms with E-state index >= 15 is 4.39 Å². The van der Waals surface area contributed by atoms with E-state index in [1.165, 1.54) is 17.2 Å². The Bertz CT molecular complexity index is 1560. The van der Waals surface area contributed by atoms with Crippen molar-refractivity contribution >= 4 is 51.0 Å². The van der Waals surface area contributed by atoms with E-state index in [-0.39, 0.29) is 49.3 Å². The van der Waals surface area contributed by atoms with Crippen molar-refractivity contribution in [1.82, 2.24) is 34.1 Å². The molecule has 1 saturated carbocycles. The third kappa shape index (κ3) is 4.80. The van der Waals surface area contributed by atoms with E-state index in [0.717, 1.165) is 0 Å². The van der Waals surface area contributed by atoms with Gasteiger partial charge in [-0.1, -0.05) is 0 Å². The van der Waals surface area contributed by atoms with Crippen LogP contribution in [0.1, 0.15) is 18.7 Å². The van der Waals surface area contributed by atoms with E-state index < -0.39 is 41.8 Å². The first-order valence-corrected chi connectivity index (χ1v) is 15.0. The summed E-state index contributed by atoms with van der Waals surface area (Å²) < 4.78 is 47.7. The fraction of sp³-hybridized carbons (Fsp3) is 0.500. The summed E-state index contributed by atoms with van der Waals surface area (Å²) in [7, 11) is -4.80. The fourth-order valence-corrected chi connectivity index (χ4v) is 7.13. The first-order chi connectivity index (χ1) is 19.9. The first kappa shape index (κ1) is 27.1. The molecule has 7 rings (SSSR count). The standard InChI is InChI=1S/C22H26FN9O7P2/c23-15-17-14(38-22(15)31-2-1-11-18(24)26-7-28-20(11)31)6-37-40(33)36-5-12-10(4-35-41(34)39-17)3-13(12)32-9-30-16-19(25)27-8-29-21(16)32/h1-2,7-10,12-15,17,22,33-34H,3-6H2,(H2,24,26,28)(H2,25,27,29)/t10-,12-,13-,14-,15+,17-,22-,40?,41?/m1/s1. The summed E-state index contributed by atoms with van der Waals surface area (Å²) in [6.45, 7) is -0.00787. The van der Waals surface area contributed by atoms with Gasteiger partial charge in [0.1, 0.15) is 41.8 Å². The van der Waals surface area contributed by atoms with Crippen molar-refractivity contribution < 1.29 is 37.0 Å². The van der Waals surface area contributed by atoms with Crippen molar-refractivity contribution in [3.8, 4) is 0 Å². The molecule has 6 N–H and O–H groups in total. The van der Waals surface area contributed by atoms with Crippen molar-refractivity contribution in [1.29, 1.82) is 0 Å². The number of nitrogens with zero attached hydrogens (tertiary/aromatic N) is 7. The van der Waals surface area contributed by atoms with Gasteiger partial charge in [0.15, 0.2) is 23.9 Å². The Hall–Kier alpha value is -2.72. The highest BCUT2D eigenvalue weighted by molar-refractivity contribution is 7.40. The van der Waals surface area contributed by atoms with E-state index in [1.54, 1.807) is 18.6 Å². The number of anilines is 2. The normalized spacial score (nSPS) is 34.8. The minimum atomic E-state index is -2.47. The van der Waals surface area contributed by atoms with Crippen molar-refractivity contribution in [2.45, 2.75) is 37.1 Å². The lowest BCUT2D eigenvalue weighted by atomic mass is 9.70. The molecule has 2 unspecified atom stereocenters. The Kier molecular flexibility index (Phi) is 7.17. The van der Waals surface area contributed by atoms with Crippen LogP contribution in [0, 0.1) is 11.8 Å². The Balaban J connectivity index is 1.09. The number of ether oxygens (including phenoxy) is 1. The maximum Gasteiger partial charge on any atom is 0.330 e. The van der Waals surface area contributed by atoms with Crippen LogP contribution in [0.4, 0.5) is 16.0 Å². The van der Waals surface area contributed by atoms with Gasteiger partial charge in [0.05, 0.1) is 31.5 Å². The predicted octanol–water partition coefficient (Wildman–Crippen LogP) is 1.74. The topological polar surface area (TPSA) is 213 Å². The van der Waals surface area contributed by atoms with Crippen LogP contribution in [-0.4, -0.2) is 82.0 Å². The van der Waals surface area contributed by atoms with Crippen molar-refractivity contribution in [3.63, 3.8) is 0 Å². The summed E-state index contributed by atoms with van der Waals surface area (Å²) in [5.74, 6) is 0.314. The fourth-order valence-electron chi connectivity index (χ4n) is 5.64. The van der Waals surface area contributed by atoms with Crippen LogP contribution in [-0.2, 0) is 22.8 Å². The summed E-state index contributed by atoms with van der Waals surface area (Å²) in [5.41, 5.74) is 13.3. The molecule has 2 aliphatic heterocycles. The van der Waals surface area contributed by atoms with Gasteiger partial charge in [-0.15, -0.1) is 0 Å². The zero-order chi connectivity index (χ0) is 28.2. The molecular weight excluding hydrogens is 583 g/mol. The number of rotatable bonds is 2. The van der Waals surface area contributed by atoms with Gasteiger partial charge in [0.25, 0.3) is 0 Å². The second kappa shape index (κ2) is 10.8. The Labute approximate surface area is 233 Å². The quantitative estimate of drug-likeness (QED) is 0.238. The molecule has 6 heterocycles. The van der Waals surface area contributed by atoms with Crippen molar-refractivity contribution in [2.24, 2.45) is 11.8 Å². The van der Waals surface area contributed by atoms with Crippen LogP contribution in [0.2, 0.25) is 0 Å². The molecule has 1 aliphatic carbocycles. The minimum Gasteiger partial charge on any atom is -0.383 e. The van der Waals surface area contributed by atoms with Gasteiger partial charge >= 0.3 is 17.2 Å². The maximum absolute atomic E-state index is 15.8. The van der Waals surface area contributed by atoms with E-state index in [2.05, 4.69) is 24.9 Å². The van der Waals surface area contributed by atoms with Gasteiger partial charge in [0.2, 0.25) is 0 Å². The van der Waals surface area contributed by atoms with Crippen LogP contribution in [0.3, 0.4) is 0 Å². The SMILES string of the molecule is Nc1ncnc2c1ccn2[C@@H]1O[C@@H]2COP(O)OC[C@@H]3[C@@H](COP(O)O[C@H]2[C@@H]1F)C[C@H]3n1cnc2c(N)ncnc21. The molecule has 0 radical (unpaired) electrons. The van der Waals surface area contributed by atoms with Crippen LogP contribution in [0.5, 0.6) is 0 Å². The minimum absolute atomic E-state index is 0.0672. The van der Waals surface area contributed by atoms with Crippen molar-refractivity contribution in [2.75, 3.05) is 31.3 Å². The molecule has 3 aliphatic rings. The first-order valence-electron chi connectivity index (χ1n) is 12.7. The van der Waals surface area contributed by atoms with E-state index in [0.29, 0.717) is 28.6 Å². The van der Waals surface area contributed by atoms with Crippen LogP contribution >= 0.6 is 17.2 Å². The number of fused-ring (bicyclic) bond motifs is 4. The third-order valence-corrected chi connectivity index (χ3v) is 9.34. The second-order valence-electron chi connectivity index (χ2n) is 9.97. The van der Waals surface area contributed by atoms with Crippen LogP contribution < -0.4 is 11.5 Å². The molecule has 218 valence electrons. The number of nitrogens with two attached hydrogens (primary N) is 2. The zero-order valence-electron chi connectivity index (χ0n) is 21.2. The number of alkyl halides is 1. The van der Waals surface area contributed by atoms with Gasteiger partial charge in [-0.05, 0) is 18.4 Å². The van der Waals surface area contributed by atoms with Gasteiger partial charge in [-0.25, -0.2) is 29.3 Å². The smallest absolute Gasteiger partial charge is 0.330 e. The lowest BCUT2D eigenvalue weighted by molar-refractivity contribution is -0.0421. The molecule has 4 aromatic rings. The summed E-state index contributed by atoms with van der Waals surface area (Å²) in [6, 6.07) is 1.57. The average molecular weight is 609 g/mol. The largest absolute Gasteiger partial charge is 0.383 e. The monoisotopic (exact) mass is 609 g/mol. The predicted molar refractivity (Wildman–Crippen MR) is 142 cm³/mol. The number of aromatic nitrogens is 7. The number of nitrogen functional groups attached to an aromatic ring is 2. The highest BCUT2D eigenvalue weighted by atomic mass is 31.2. The summed E-state index contributed by atoms with van der Waals surface area (Å²) in [5, 5.41) is 0.538. The molecule has 9 atom stereocenters. The second-order valence-corrected chi connectivity index (χ2v) is 11.9. The van der Waals surface area contributed by atoms with Gasteiger partial charge in [-0.3, -0.25) is 0 Å².